The number of rotatable bonds is 1. The number of aliphatic hydroxyl groups excluding tert-OH is 1. The molecule has 1 atom stereocenters. The van der Waals surface area contributed by atoms with Crippen LogP contribution in [0.4, 0.5) is 0 Å². The van der Waals surface area contributed by atoms with Crippen molar-refractivity contribution in [3.05, 3.63) is 47.0 Å². The first-order chi connectivity index (χ1) is 6.70. The van der Waals surface area contributed by atoms with Crippen LogP contribution in [0.2, 0.25) is 0 Å². The number of carboxylic acid groups (broad SMARTS) is 1. The van der Waals surface area contributed by atoms with Crippen molar-refractivity contribution in [2.45, 2.75) is 12.5 Å². The molecule has 0 saturated carbocycles. The van der Waals surface area contributed by atoms with Crippen LogP contribution in [0.15, 0.2) is 35.9 Å². The Morgan fingerprint density at radius 1 is 1.36 bits per heavy atom. The molecular formula is C11H10O3. The summed E-state index contributed by atoms with van der Waals surface area (Å²) >= 11 is 0. The van der Waals surface area contributed by atoms with Gasteiger partial charge in [-0.15, -0.1) is 0 Å². The number of fused-ring (bicyclic) bond motifs is 1. The van der Waals surface area contributed by atoms with Crippen molar-refractivity contribution in [1.82, 2.24) is 0 Å². The minimum Gasteiger partial charge on any atom is -0.478 e. The molecule has 3 heteroatoms. The quantitative estimate of drug-likeness (QED) is 0.701. The summed E-state index contributed by atoms with van der Waals surface area (Å²) in [7, 11) is 0. The van der Waals surface area contributed by atoms with E-state index in [4.69, 9.17) is 5.11 Å². The van der Waals surface area contributed by atoms with Crippen LogP contribution in [0.5, 0.6) is 0 Å². The van der Waals surface area contributed by atoms with Gasteiger partial charge in [-0.1, -0.05) is 30.3 Å². The number of carbonyl (C=O) groups is 1. The molecule has 0 saturated heterocycles. The number of aliphatic hydroxyl groups is 1. The Balaban J connectivity index is 2.44. The molecular weight excluding hydrogens is 180 g/mol. The lowest BCUT2D eigenvalue weighted by molar-refractivity contribution is -0.133. The second-order valence-corrected chi connectivity index (χ2v) is 3.27. The SMILES string of the molecule is O=C(O)C1=CCc2ccccc2[C@@H]1O. The maximum atomic E-state index is 10.7. The van der Waals surface area contributed by atoms with Gasteiger partial charge in [0.25, 0.3) is 0 Å². The minimum atomic E-state index is -1.05. The Morgan fingerprint density at radius 2 is 2.07 bits per heavy atom. The van der Waals surface area contributed by atoms with E-state index >= 15 is 0 Å². The minimum absolute atomic E-state index is 0.0729. The molecule has 0 bridgehead atoms. The highest BCUT2D eigenvalue weighted by molar-refractivity contribution is 5.88. The molecule has 0 radical (unpaired) electrons. The molecule has 72 valence electrons. The molecule has 2 N–H and O–H groups in total. The van der Waals surface area contributed by atoms with Crippen molar-refractivity contribution in [3.63, 3.8) is 0 Å². The summed E-state index contributed by atoms with van der Waals surface area (Å²) in [5, 5.41) is 18.5. The van der Waals surface area contributed by atoms with Gasteiger partial charge in [-0.2, -0.15) is 0 Å². The highest BCUT2D eigenvalue weighted by Gasteiger charge is 2.24. The largest absolute Gasteiger partial charge is 0.478 e. The lowest BCUT2D eigenvalue weighted by Crippen LogP contribution is -2.16. The van der Waals surface area contributed by atoms with E-state index in [1.54, 1.807) is 18.2 Å². The normalized spacial score (nSPS) is 19.8. The Labute approximate surface area is 81.3 Å². The van der Waals surface area contributed by atoms with Gasteiger partial charge in [-0.25, -0.2) is 4.79 Å². The molecule has 0 fully saturated rings. The highest BCUT2D eigenvalue weighted by atomic mass is 16.4. The predicted molar refractivity (Wildman–Crippen MR) is 50.8 cm³/mol. The average molecular weight is 190 g/mol. The van der Waals surface area contributed by atoms with Gasteiger partial charge in [-0.05, 0) is 17.5 Å². The van der Waals surface area contributed by atoms with Crippen LogP contribution in [-0.4, -0.2) is 16.2 Å². The van der Waals surface area contributed by atoms with Crippen LogP contribution in [0.1, 0.15) is 17.2 Å². The Kier molecular flexibility index (Phi) is 2.09. The van der Waals surface area contributed by atoms with Gasteiger partial charge in [-0.3, -0.25) is 0 Å². The molecule has 1 aromatic rings. The van der Waals surface area contributed by atoms with E-state index in [1.165, 1.54) is 0 Å². The zero-order chi connectivity index (χ0) is 10.1. The molecule has 2 rings (SSSR count). The molecule has 0 aliphatic heterocycles. The molecule has 0 unspecified atom stereocenters. The van der Waals surface area contributed by atoms with E-state index in [2.05, 4.69) is 0 Å². The monoisotopic (exact) mass is 190 g/mol. The Bertz CT molecular complexity index is 407. The fraction of sp³-hybridized carbons (Fsp3) is 0.182. The van der Waals surface area contributed by atoms with Crippen LogP contribution >= 0.6 is 0 Å². The molecule has 3 nitrogen and oxygen atoms in total. The van der Waals surface area contributed by atoms with Crippen LogP contribution in [0.25, 0.3) is 0 Å². The molecule has 0 heterocycles. The van der Waals surface area contributed by atoms with Gasteiger partial charge in [0.15, 0.2) is 0 Å². The number of allylic oxidation sites excluding steroid dienone is 1. The first-order valence-electron chi connectivity index (χ1n) is 4.39. The predicted octanol–water partition coefficient (Wildman–Crippen LogP) is 1.29. The van der Waals surface area contributed by atoms with Crippen molar-refractivity contribution in [2.24, 2.45) is 0 Å². The smallest absolute Gasteiger partial charge is 0.334 e. The fourth-order valence-electron chi connectivity index (χ4n) is 1.69. The van der Waals surface area contributed by atoms with Crippen LogP contribution in [0, 0.1) is 0 Å². The molecule has 0 aromatic heterocycles. The second-order valence-electron chi connectivity index (χ2n) is 3.27. The highest BCUT2D eigenvalue weighted by Crippen LogP contribution is 2.29. The van der Waals surface area contributed by atoms with Gasteiger partial charge >= 0.3 is 5.97 Å². The van der Waals surface area contributed by atoms with E-state index in [0.717, 1.165) is 5.56 Å². The summed E-state index contributed by atoms with van der Waals surface area (Å²) in [4.78, 5) is 10.7. The maximum absolute atomic E-state index is 10.7. The van der Waals surface area contributed by atoms with Crippen LogP contribution < -0.4 is 0 Å². The summed E-state index contributed by atoms with van der Waals surface area (Å²) in [6, 6.07) is 7.33. The van der Waals surface area contributed by atoms with Crippen molar-refractivity contribution in [1.29, 1.82) is 0 Å². The van der Waals surface area contributed by atoms with Gasteiger partial charge < -0.3 is 10.2 Å². The third kappa shape index (κ3) is 1.32. The third-order valence-corrected chi connectivity index (χ3v) is 2.43. The number of carboxylic acids is 1. The first-order valence-corrected chi connectivity index (χ1v) is 4.39. The topological polar surface area (TPSA) is 57.5 Å². The van der Waals surface area contributed by atoms with E-state index < -0.39 is 12.1 Å². The lowest BCUT2D eigenvalue weighted by atomic mass is 9.89. The summed E-state index contributed by atoms with van der Waals surface area (Å²) < 4.78 is 0. The maximum Gasteiger partial charge on any atom is 0.334 e. The second kappa shape index (κ2) is 3.27. The Morgan fingerprint density at radius 3 is 2.79 bits per heavy atom. The number of aliphatic carboxylic acids is 1. The summed E-state index contributed by atoms with van der Waals surface area (Å²) in [6.07, 6.45) is 1.15. The molecule has 0 amide bonds. The van der Waals surface area contributed by atoms with Crippen LogP contribution in [-0.2, 0) is 11.2 Å². The summed E-state index contributed by atoms with van der Waals surface area (Å²) in [5.41, 5.74) is 1.76. The zero-order valence-electron chi connectivity index (χ0n) is 7.47. The summed E-state index contributed by atoms with van der Waals surface area (Å²) in [5.74, 6) is -1.05. The number of hydrogen-bond donors (Lipinski definition) is 2. The third-order valence-electron chi connectivity index (χ3n) is 2.43. The van der Waals surface area contributed by atoms with Gasteiger partial charge in [0.1, 0.15) is 6.10 Å². The van der Waals surface area contributed by atoms with E-state index in [-0.39, 0.29) is 5.57 Å². The fourth-order valence-corrected chi connectivity index (χ4v) is 1.69. The first kappa shape index (κ1) is 8.97. The number of benzene rings is 1. The zero-order valence-corrected chi connectivity index (χ0v) is 7.47. The van der Waals surface area contributed by atoms with E-state index in [1.807, 2.05) is 12.1 Å². The number of hydrogen-bond acceptors (Lipinski definition) is 2. The van der Waals surface area contributed by atoms with Crippen LogP contribution in [0.3, 0.4) is 0 Å². The van der Waals surface area contributed by atoms with Gasteiger partial charge in [0, 0.05) is 0 Å². The van der Waals surface area contributed by atoms with Crippen molar-refractivity contribution in [2.75, 3.05) is 0 Å². The van der Waals surface area contributed by atoms with E-state index in [9.17, 15) is 9.90 Å². The molecule has 1 aromatic carbocycles. The van der Waals surface area contributed by atoms with Crippen molar-refractivity contribution < 1.29 is 15.0 Å². The Hall–Kier alpha value is -1.61. The van der Waals surface area contributed by atoms with Crippen molar-refractivity contribution in [3.8, 4) is 0 Å². The molecule has 1 aliphatic carbocycles. The standard InChI is InChI=1S/C11H10O3/c12-10-8-4-2-1-3-7(8)5-6-9(10)11(13)14/h1-4,6,10,12H,5H2,(H,13,14)/t10-/m0/s1. The van der Waals surface area contributed by atoms with Gasteiger partial charge in [0.2, 0.25) is 0 Å². The van der Waals surface area contributed by atoms with Crippen molar-refractivity contribution >= 4 is 5.97 Å². The van der Waals surface area contributed by atoms with Gasteiger partial charge in [0.05, 0.1) is 5.57 Å². The lowest BCUT2D eigenvalue weighted by Gasteiger charge is -2.20. The molecule has 1 aliphatic rings. The summed E-state index contributed by atoms with van der Waals surface area (Å²) in [6.45, 7) is 0. The van der Waals surface area contributed by atoms with E-state index in [0.29, 0.717) is 12.0 Å². The molecule has 14 heavy (non-hydrogen) atoms. The average Bonchev–Trinajstić information content (AvgIpc) is 2.18. The molecule has 0 spiro atoms.